The first-order chi connectivity index (χ1) is 12.0. The Labute approximate surface area is 144 Å². The Morgan fingerprint density at radius 2 is 2.08 bits per heavy atom. The Hall–Kier alpha value is -3.09. The summed E-state index contributed by atoms with van der Waals surface area (Å²) in [6.07, 6.45) is 1.04. The van der Waals surface area contributed by atoms with Gasteiger partial charge in [0.1, 0.15) is 6.61 Å². The zero-order valence-corrected chi connectivity index (χ0v) is 14.2. The fraction of sp³-hybridized carbons (Fsp3) is 0.222. The minimum absolute atomic E-state index is 0.194. The number of nitrogens with zero attached hydrogens (tertiary/aromatic N) is 2. The number of hydrogen-bond acceptors (Lipinski definition) is 4. The van der Waals surface area contributed by atoms with Gasteiger partial charge >= 0.3 is 6.09 Å². The summed E-state index contributed by atoms with van der Waals surface area (Å²) in [4.78, 5) is 15.7. The number of hydrogen-bond donors (Lipinski definition) is 1. The number of benzene rings is 1. The lowest BCUT2D eigenvalue weighted by atomic mass is 10.1. The molecule has 0 spiro atoms. The molecule has 3 aromatic rings. The van der Waals surface area contributed by atoms with Crippen molar-refractivity contribution in [3.8, 4) is 5.75 Å². The van der Waals surface area contributed by atoms with Crippen molar-refractivity contribution in [3.63, 3.8) is 0 Å². The van der Waals surface area contributed by atoms with Gasteiger partial charge in [0.15, 0.2) is 11.4 Å². The molecule has 0 aliphatic heterocycles. The van der Waals surface area contributed by atoms with Gasteiger partial charge in [0.25, 0.3) is 0 Å². The second-order valence-electron chi connectivity index (χ2n) is 5.56. The number of ether oxygens (including phenoxy) is 2. The van der Waals surface area contributed by atoms with Crippen LogP contribution >= 0.6 is 0 Å². The molecular formula is C18H18FN3O3. The largest absolute Gasteiger partial charge is 0.485 e. The summed E-state index contributed by atoms with van der Waals surface area (Å²) in [5, 5.41) is 2.67. The summed E-state index contributed by atoms with van der Waals surface area (Å²) in [6.45, 7) is 3.71. The summed E-state index contributed by atoms with van der Waals surface area (Å²) in [6, 6.07) is 8.94. The van der Waals surface area contributed by atoms with Crippen LogP contribution in [0, 0.1) is 19.8 Å². The highest BCUT2D eigenvalue weighted by Gasteiger charge is 2.14. The minimum Gasteiger partial charge on any atom is -0.485 e. The normalized spacial score (nSPS) is 10.7. The molecule has 0 radical (unpaired) electrons. The molecule has 0 atom stereocenters. The van der Waals surface area contributed by atoms with Crippen LogP contribution in [0.2, 0.25) is 0 Å². The van der Waals surface area contributed by atoms with E-state index in [-0.39, 0.29) is 6.61 Å². The van der Waals surface area contributed by atoms with Gasteiger partial charge in [-0.3, -0.25) is 9.72 Å². The number of halogens is 1. The third-order valence-electron chi connectivity index (χ3n) is 3.92. The van der Waals surface area contributed by atoms with E-state index in [0.29, 0.717) is 22.8 Å². The van der Waals surface area contributed by atoms with Crippen molar-refractivity contribution in [1.82, 2.24) is 9.38 Å². The zero-order chi connectivity index (χ0) is 18.0. The van der Waals surface area contributed by atoms with Gasteiger partial charge < -0.3 is 9.47 Å². The summed E-state index contributed by atoms with van der Waals surface area (Å²) in [7, 11) is 1.30. The number of aromatic nitrogens is 2. The van der Waals surface area contributed by atoms with E-state index < -0.39 is 12.0 Å². The SMILES string of the molecule is COC(=O)Nc1cccc(C)c1COc1cccn2c(F)c(C)nc12. The van der Waals surface area contributed by atoms with Crippen LogP contribution in [-0.2, 0) is 11.3 Å². The topological polar surface area (TPSA) is 64.9 Å². The Morgan fingerprint density at radius 3 is 2.84 bits per heavy atom. The molecule has 0 bridgehead atoms. The predicted octanol–water partition coefficient (Wildman–Crippen LogP) is 3.85. The molecule has 3 rings (SSSR count). The molecule has 0 fully saturated rings. The fourth-order valence-corrected chi connectivity index (χ4v) is 2.56. The van der Waals surface area contributed by atoms with Crippen LogP contribution in [0.1, 0.15) is 16.8 Å². The number of carbonyl (C=O) groups excluding carboxylic acids is 1. The van der Waals surface area contributed by atoms with Crippen LogP contribution in [-0.4, -0.2) is 22.6 Å². The van der Waals surface area contributed by atoms with Crippen LogP contribution < -0.4 is 10.1 Å². The van der Waals surface area contributed by atoms with Gasteiger partial charge in [-0.05, 0) is 37.6 Å². The Balaban J connectivity index is 1.90. The number of rotatable bonds is 4. The summed E-state index contributed by atoms with van der Waals surface area (Å²) in [5.74, 6) is 0.0474. The van der Waals surface area contributed by atoms with Crippen LogP contribution in [0.3, 0.4) is 0 Å². The van der Waals surface area contributed by atoms with Crippen LogP contribution in [0.4, 0.5) is 14.9 Å². The van der Waals surface area contributed by atoms with Gasteiger partial charge in [-0.2, -0.15) is 4.39 Å². The lowest BCUT2D eigenvalue weighted by Crippen LogP contribution is -2.14. The van der Waals surface area contributed by atoms with Crippen molar-refractivity contribution in [2.75, 3.05) is 12.4 Å². The number of pyridine rings is 1. The number of methoxy groups -OCH3 is 1. The lowest BCUT2D eigenvalue weighted by molar-refractivity contribution is 0.187. The first kappa shape index (κ1) is 16.8. The average molecular weight is 343 g/mol. The van der Waals surface area contributed by atoms with Crippen molar-refractivity contribution >= 4 is 17.4 Å². The third kappa shape index (κ3) is 3.26. The van der Waals surface area contributed by atoms with E-state index in [1.54, 1.807) is 31.3 Å². The van der Waals surface area contributed by atoms with Crippen molar-refractivity contribution in [2.45, 2.75) is 20.5 Å². The second kappa shape index (κ2) is 6.80. The zero-order valence-electron chi connectivity index (χ0n) is 14.2. The summed E-state index contributed by atoms with van der Waals surface area (Å²) < 4.78 is 25.8. The Morgan fingerprint density at radius 1 is 1.28 bits per heavy atom. The van der Waals surface area contributed by atoms with Crippen molar-refractivity contribution in [3.05, 3.63) is 59.3 Å². The standard InChI is InChI=1S/C18H18FN3O3/c1-11-6-4-7-14(21-18(23)24-3)13(11)10-25-15-8-5-9-22-16(19)12(2)20-17(15)22/h4-9H,10H2,1-3H3,(H,21,23). The lowest BCUT2D eigenvalue weighted by Gasteiger charge is -2.14. The smallest absolute Gasteiger partial charge is 0.411 e. The maximum atomic E-state index is 14.0. The monoisotopic (exact) mass is 343 g/mol. The molecule has 0 unspecified atom stereocenters. The summed E-state index contributed by atoms with van der Waals surface area (Å²) >= 11 is 0. The molecule has 130 valence electrons. The maximum absolute atomic E-state index is 14.0. The molecule has 0 saturated carbocycles. The Kier molecular flexibility index (Phi) is 4.56. The van der Waals surface area contributed by atoms with E-state index in [1.165, 1.54) is 11.5 Å². The van der Waals surface area contributed by atoms with E-state index in [4.69, 9.17) is 4.74 Å². The van der Waals surface area contributed by atoms with Gasteiger partial charge in [-0.25, -0.2) is 9.78 Å². The van der Waals surface area contributed by atoms with Gasteiger partial charge in [0, 0.05) is 11.8 Å². The highest BCUT2D eigenvalue weighted by atomic mass is 19.1. The Bertz CT molecular complexity index is 937. The highest BCUT2D eigenvalue weighted by Crippen LogP contribution is 2.25. The number of carbonyl (C=O) groups is 1. The molecule has 2 heterocycles. The van der Waals surface area contributed by atoms with Crippen molar-refractivity contribution < 1.29 is 18.7 Å². The van der Waals surface area contributed by atoms with E-state index in [2.05, 4.69) is 15.0 Å². The van der Waals surface area contributed by atoms with Crippen molar-refractivity contribution in [1.29, 1.82) is 0 Å². The van der Waals surface area contributed by atoms with Gasteiger partial charge in [0.2, 0.25) is 5.95 Å². The number of amides is 1. The number of imidazole rings is 1. The molecular weight excluding hydrogens is 325 g/mol. The molecule has 0 aliphatic rings. The third-order valence-corrected chi connectivity index (χ3v) is 3.92. The maximum Gasteiger partial charge on any atom is 0.411 e. The van der Waals surface area contributed by atoms with Crippen LogP contribution in [0.5, 0.6) is 5.75 Å². The molecule has 1 N–H and O–H groups in total. The summed E-state index contributed by atoms with van der Waals surface area (Å²) in [5.41, 5.74) is 3.07. The number of fused-ring (bicyclic) bond motifs is 1. The van der Waals surface area contributed by atoms with Crippen molar-refractivity contribution in [2.24, 2.45) is 0 Å². The minimum atomic E-state index is -0.556. The van der Waals surface area contributed by atoms with Gasteiger partial charge in [-0.15, -0.1) is 0 Å². The molecule has 7 heteroatoms. The molecule has 0 aliphatic carbocycles. The first-order valence-electron chi connectivity index (χ1n) is 7.70. The highest BCUT2D eigenvalue weighted by molar-refractivity contribution is 5.85. The van der Waals surface area contributed by atoms with E-state index in [9.17, 15) is 9.18 Å². The molecule has 1 aromatic carbocycles. The van der Waals surface area contributed by atoms with E-state index in [1.807, 2.05) is 19.1 Å². The van der Waals surface area contributed by atoms with E-state index in [0.717, 1.165) is 11.1 Å². The number of anilines is 1. The molecule has 6 nitrogen and oxygen atoms in total. The van der Waals surface area contributed by atoms with Crippen LogP contribution in [0.15, 0.2) is 36.5 Å². The average Bonchev–Trinajstić information content (AvgIpc) is 2.89. The second-order valence-corrected chi connectivity index (χ2v) is 5.56. The van der Waals surface area contributed by atoms with Gasteiger partial charge in [0.05, 0.1) is 18.5 Å². The molecule has 2 aromatic heterocycles. The quantitative estimate of drug-likeness (QED) is 0.781. The molecule has 1 amide bonds. The van der Waals surface area contributed by atoms with Crippen LogP contribution in [0.25, 0.3) is 5.65 Å². The fourth-order valence-electron chi connectivity index (χ4n) is 2.56. The first-order valence-corrected chi connectivity index (χ1v) is 7.70. The van der Waals surface area contributed by atoms with Gasteiger partial charge in [-0.1, -0.05) is 12.1 Å². The van der Waals surface area contributed by atoms with E-state index >= 15 is 0 Å². The number of aryl methyl sites for hydroxylation is 2. The molecule has 25 heavy (non-hydrogen) atoms. The molecule has 0 saturated heterocycles. The number of nitrogens with one attached hydrogen (secondary N) is 1. The predicted molar refractivity (Wildman–Crippen MR) is 91.4 cm³/mol.